The third kappa shape index (κ3) is 9.18. The van der Waals surface area contributed by atoms with Crippen molar-refractivity contribution in [3.05, 3.63) is 94.6 Å². The summed E-state index contributed by atoms with van der Waals surface area (Å²) in [7, 11) is -1.45. The molecule has 3 heterocycles. The summed E-state index contributed by atoms with van der Waals surface area (Å²) in [5, 5.41) is 12.6. The minimum Gasteiger partial charge on any atom is -0.481 e. The van der Waals surface area contributed by atoms with Crippen molar-refractivity contribution in [2.75, 3.05) is 42.7 Å². The number of rotatable bonds is 16. The first-order valence-corrected chi connectivity index (χ1v) is 23.0. The second kappa shape index (κ2) is 17.2. The highest BCUT2D eigenvalue weighted by atomic mass is 32.2. The van der Waals surface area contributed by atoms with E-state index in [1.807, 2.05) is 74.3 Å². The van der Waals surface area contributed by atoms with Crippen LogP contribution in [0.15, 0.2) is 65.8 Å². The van der Waals surface area contributed by atoms with Crippen molar-refractivity contribution in [1.82, 2.24) is 24.9 Å². The molecule has 1 spiro atoms. The molecule has 2 amide bonds. The number of nitrogens with zero attached hydrogens (tertiary/aromatic N) is 6. The molecule has 15 heteroatoms. The van der Waals surface area contributed by atoms with Crippen LogP contribution in [0.3, 0.4) is 0 Å². The Morgan fingerprint density at radius 1 is 1.02 bits per heavy atom. The highest BCUT2D eigenvalue weighted by Gasteiger charge is 2.57. The largest absolute Gasteiger partial charge is 0.481 e. The third-order valence-electron chi connectivity index (χ3n) is 12.4. The number of nitrogens with one attached hydrogen (secondary N) is 2. The second-order valence-corrected chi connectivity index (χ2v) is 19.6. The first kappa shape index (κ1) is 45.3. The van der Waals surface area contributed by atoms with Gasteiger partial charge >= 0.3 is 0 Å². The van der Waals surface area contributed by atoms with Crippen LogP contribution in [0.1, 0.15) is 115 Å². The first-order valence-electron chi connectivity index (χ1n) is 21.1. The van der Waals surface area contributed by atoms with Gasteiger partial charge < -0.3 is 19.7 Å². The van der Waals surface area contributed by atoms with Crippen LogP contribution in [0, 0.1) is 6.92 Å². The van der Waals surface area contributed by atoms with Gasteiger partial charge in [-0.1, -0.05) is 78.8 Å². The predicted molar refractivity (Wildman–Crippen MR) is 240 cm³/mol. The fraction of sp³-hybridized carbons (Fsp3) is 0.500. The first-order chi connectivity index (χ1) is 28.6. The monoisotopic (exact) mass is 854 g/mol. The molecular formula is C46H62N8O6S. The molecule has 1 aromatic heterocycles. The number of benzene rings is 3. The number of amides is 2. The van der Waals surface area contributed by atoms with Gasteiger partial charge in [0.2, 0.25) is 21.8 Å². The molecular weight excluding hydrogens is 793 g/mol. The summed E-state index contributed by atoms with van der Waals surface area (Å²) < 4.78 is 39.1. The van der Waals surface area contributed by atoms with Crippen LogP contribution in [0.4, 0.5) is 11.4 Å². The molecule has 2 aliphatic rings. The molecule has 3 atom stereocenters. The Hall–Kier alpha value is -5.28. The van der Waals surface area contributed by atoms with E-state index in [1.54, 1.807) is 18.7 Å². The smallest absolute Gasteiger partial charge is 0.292 e. The Morgan fingerprint density at radius 2 is 1.72 bits per heavy atom. The van der Waals surface area contributed by atoms with Crippen LogP contribution >= 0.6 is 0 Å². The Morgan fingerprint density at radius 3 is 2.39 bits per heavy atom. The summed E-state index contributed by atoms with van der Waals surface area (Å²) in [6.45, 7) is 21.5. The van der Waals surface area contributed by atoms with E-state index in [2.05, 4.69) is 63.7 Å². The number of likely N-dealkylation sites (N-methyl/N-ethyl adjacent to an activating group) is 1. The number of carbonyl (C=O) groups is 2. The number of hydrogen-bond donors (Lipinski definition) is 2. The SMILES string of the molecule is CCC(C)(C)c1ccc(OC(C)C(=O)NCC(C)c2nc3n(n2)N=C(C)C32Oc3ccccc3CC(=O)N2c2ccc(N(C)CCNS(C)(=O)=O)cc2C)c(C(C)(C)CC)c1. The van der Waals surface area contributed by atoms with Gasteiger partial charge in [0.05, 0.1) is 18.4 Å². The van der Waals surface area contributed by atoms with Gasteiger partial charge in [0.1, 0.15) is 17.2 Å². The number of aryl methyl sites for hydroxylation is 1. The van der Waals surface area contributed by atoms with Crippen LogP contribution in [-0.4, -0.2) is 79.9 Å². The van der Waals surface area contributed by atoms with Crippen LogP contribution in [-0.2, 0) is 42.6 Å². The fourth-order valence-corrected chi connectivity index (χ4v) is 8.07. The summed E-state index contributed by atoms with van der Waals surface area (Å²) in [5.74, 6) is 1.14. The van der Waals surface area contributed by atoms with Gasteiger partial charge in [-0.2, -0.15) is 5.10 Å². The topological polar surface area (TPSA) is 160 Å². The molecule has 0 aliphatic carbocycles. The van der Waals surface area contributed by atoms with E-state index in [0.29, 0.717) is 41.1 Å². The minimum absolute atomic E-state index is 0.00696. The average molecular weight is 855 g/mol. The van der Waals surface area contributed by atoms with E-state index in [9.17, 15) is 18.0 Å². The Labute approximate surface area is 361 Å². The van der Waals surface area contributed by atoms with Crippen LogP contribution in [0.25, 0.3) is 0 Å². The quantitative estimate of drug-likeness (QED) is 0.125. The molecule has 0 radical (unpaired) electrons. The molecule has 0 saturated heterocycles. The van der Waals surface area contributed by atoms with E-state index in [0.717, 1.165) is 41.5 Å². The maximum atomic E-state index is 14.6. The zero-order valence-electron chi connectivity index (χ0n) is 37.7. The van der Waals surface area contributed by atoms with Gasteiger partial charge in [-0.25, -0.2) is 18.1 Å². The van der Waals surface area contributed by atoms with Gasteiger partial charge in [-0.15, -0.1) is 9.89 Å². The molecule has 14 nitrogen and oxygen atoms in total. The third-order valence-corrected chi connectivity index (χ3v) is 13.1. The van der Waals surface area contributed by atoms with E-state index < -0.39 is 21.9 Å². The Balaban J connectivity index is 1.26. The van der Waals surface area contributed by atoms with Crippen molar-refractivity contribution < 1.29 is 27.5 Å². The maximum absolute atomic E-state index is 14.6. The summed E-state index contributed by atoms with van der Waals surface area (Å²) >= 11 is 0. The zero-order valence-corrected chi connectivity index (χ0v) is 38.5. The maximum Gasteiger partial charge on any atom is 0.292 e. The number of sulfonamides is 1. The lowest BCUT2D eigenvalue weighted by Crippen LogP contribution is -2.57. The fourth-order valence-electron chi connectivity index (χ4n) is 7.60. The average Bonchev–Trinajstić information content (AvgIpc) is 3.69. The lowest BCUT2D eigenvalue weighted by Gasteiger charge is -2.39. The molecule has 2 aliphatic heterocycles. The van der Waals surface area contributed by atoms with Crippen molar-refractivity contribution in [3.8, 4) is 11.5 Å². The molecule has 61 heavy (non-hydrogen) atoms. The second-order valence-electron chi connectivity index (χ2n) is 17.8. The lowest BCUT2D eigenvalue weighted by molar-refractivity contribution is -0.127. The summed E-state index contributed by atoms with van der Waals surface area (Å²) in [6.07, 6.45) is 2.35. The Bertz CT molecular complexity index is 2440. The molecule has 0 saturated carbocycles. The highest BCUT2D eigenvalue weighted by molar-refractivity contribution is 7.88. The van der Waals surface area contributed by atoms with Gasteiger partial charge in [0.25, 0.3) is 11.6 Å². The zero-order chi connectivity index (χ0) is 44.7. The predicted octanol–water partition coefficient (Wildman–Crippen LogP) is 6.69. The van der Waals surface area contributed by atoms with Gasteiger partial charge in [-0.05, 0) is 85.9 Å². The summed E-state index contributed by atoms with van der Waals surface area (Å²) in [5.41, 5.74) is 4.01. The number of ether oxygens (including phenoxy) is 2. The van der Waals surface area contributed by atoms with Crippen LogP contribution < -0.4 is 29.3 Å². The van der Waals surface area contributed by atoms with Crippen LogP contribution in [0.5, 0.6) is 11.5 Å². The van der Waals surface area contributed by atoms with Crippen molar-refractivity contribution in [2.24, 2.45) is 5.10 Å². The van der Waals surface area contributed by atoms with Gasteiger partial charge in [0, 0.05) is 49.4 Å². The minimum atomic E-state index is -3.33. The van der Waals surface area contributed by atoms with E-state index in [4.69, 9.17) is 24.7 Å². The number of hydrogen-bond acceptors (Lipinski definition) is 10. The number of para-hydroxylation sites is 1. The molecule has 328 valence electrons. The molecule has 3 aromatic carbocycles. The van der Waals surface area contributed by atoms with Gasteiger partial charge in [0.15, 0.2) is 11.9 Å². The molecule has 0 fully saturated rings. The van der Waals surface area contributed by atoms with E-state index >= 15 is 0 Å². The van der Waals surface area contributed by atoms with Crippen molar-refractivity contribution >= 4 is 38.9 Å². The molecule has 4 aromatic rings. The van der Waals surface area contributed by atoms with Gasteiger partial charge in [-0.3, -0.25) is 14.5 Å². The molecule has 3 unspecified atom stereocenters. The number of fused-ring (bicyclic) bond motifs is 3. The van der Waals surface area contributed by atoms with E-state index in [1.165, 1.54) is 10.4 Å². The summed E-state index contributed by atoms with van der Waals surface area (Å²) in [4.78, 5) is 38.2. The Kier molecular flexibility index (Phi) is 12.8. The number of aromatic nitrogens is 3. The molecule has 0 bridgehead atoms. The van der Waals surface area contributed by atoms with Crippen molar-refractivity contribution in [2.45, 2.75) is 117 Å². The normalized spacial score (nSPS) is 17.5. The molecule has 2 N–H and O–H groups in total. The highest BCUT2D eigenvalue weighted by Crippen LogP contribution is 2.45. The number of carbonyl (C=O) groups excluding carboxylic acids is 2. The van der Waals surface area contributed by atoms with Crippen LogP contribution in [0.2, 0.25) is 0 Å². The lowest BCUT2D eigenvalue weighted by atomic mass is 9.76. The summed E-state index contributed by atoms with van der Waals surface area (Å²) in [6, 6.07) is 19.5. The molecule has 6 rings (SSSR count). The van der Waals surface area contributed by atoms with Crippen molar-refractivity contribution in [1.29, 1.82) is 0 Å². The standard InChI is InChI=1S/C46H62N8O6S/c1-13-44(7,8)34-19-22-39(36(27-34)45(9,10)14-2)59-31(5)42(56)47-28-30(4)41-49-43-46(32(6)50-54(43)51-41)53(40(55)26-33-17-15-16-18-38(33)60-46)37-21-20-35(25-29(37)3)52(11)24-23-48-61(12,57)58/h15-22,25,27,30-31,48H,13-14,23-24,26,28H2,1-12H3,(H,47,56). The number of anilines is 2. The van der Waals surface area contributed by atoms with Crippen molar-refractivity contribution in [3.63, 3.8) is 0 Å². The van der Waals surface area contributed by atoms with E-state index in [-0.39, 0.29) is 48.1 Å².